The molecular weight excluding hydrogens is 477 g/mol. The number of pyridine rings is 1. The average Bonchev–Trinajstić information content (AvgIpc) is 3.25. The topological polar surface area (TPSA) is 126 Å². The minimum atomic E-state index is -4.79. The highest BCUT2D eigenvalue weighted by Crippen LogP contribution is 2.33. The van der Waals surface area contributed by atoms with Crippen molar-refractivity contribution in [2.75, 3.05) is 26.4 Å². The van der Waals surface area contributed by atoms with Crippen molar-refractivity contribution in [3.05, 3.63) is 46.7 Å². The highest BCUT2D eigenvalue weighted by molar-refractivity contribution is 6.14. The fourth-order valence-corrected chi connectivity index (χ4v) is 3.98. The summed E-state index contributed by atoms with van der Waals surface area (Å²) in [4.78, 5) is 19.0. The number of ether oxygens (including phenoxy) is 1. The number of hydrazone groups is 1. The number of halogens is 3. The van der Waals surface area contributed by atoms with Crippen LogP contribution in [-0.4, -0.2) is 69.8 Å². The molecule has 13 heteroatoms. The number of anilines is 1. The van der Waals surface area contributed by atoms with Gasteiger partial charge in [0.05, 0.1) is 24.9 Å². The summed E-state index contributed by atoms with van der Waals surface area (Å²) < 4.78 is 48.1. The second kappa shape index (κ2) is 10.4. The van der Waals surface area contributed by atoms with Gasteiger partial charge in [-0.05, 0) is 26.3 Å². The van der Waals surface area contributed by atoms with Crippen LogP contribution in [0.1, 0.15) is 49.1 Å². The smallest absolute Gasteiger partial charge is 0.435 e. The number of carbonyl (C=O) groups is 1. The lowest BCUT2D eigenvalue weighted by molar-refractivity contribution is -0.141. The first-order valence-electron chi connectivity index (χ1n) is 11.2. The maximum atomic E-state index is 13.8. The number of nitrogens with one attached hydrogen (secondary N) is 1. The molecule has 0 fully saturated rings. The van der Waals surface area contributed by atoms with Crippen LogP contribution in [0, 0.1) is 5.41 Å². The number of amides is 1. The summed E-state index contributed by atoms with van der Waals surface area (Å²) in [5.74, 6) is -0.0607. The Balaban J connectivity index is 2.32. The number of nitrogens with zero attached hydrogens (tertiary/aromatic N) is 6. The Hall–Kier alpha value is -3.90. The molecule has 0 saturated carbocycles. The third kappa shape index (κ3) is 5.34. The number of nitrogen functional groups attached to an aromatic ring is 1. The van der Waals surface area contributed by atoms with Crippen LogP contribution < -0.4 is 5.73 Å². The number of alkyl halides is 3. The number of aromatic nitrogens is 3. The fraction of sp³-hybridized carbons (Fsp3) is 0.435. The molecule has 0 atom stereocenters. The summed E-state index contributed by atoms with van der Waals surface area (Å²) >= 11 is 0. The molecule has 2 aromatic heterocycles. The molecule has 1 aliphatic heterocycles. The molecule has 0 aromatic carbocycles. The zero-order valence-electron chi connectivity index (χ0n) is 20.6. The Morgan fingerprint density at radius 3 is 2.64 bits per heavy atom. The number of methoxy groups -OCH3 is 1. The van der Waals surface area contributed by atoms with Gasteiger partial charge in [0.2, 0.25) is 11.8 Å². The van der Waals surface area contributed by atoms with Gasteiger partial charge in [0, 0.05) is 61.9 Å². The second-order valence-corrected chi connectivity index (χ2v) is 8.56. The highest BCUT2D eigenvalue weighted by Gasteiger charge is 2.39. The van der Waals surface area contributed by atoms with E-state index in [1.54, 1.807) is 11.9 Å². The largest absolute Gasteiger partial charge is 0.481 e. The average molecular weight is 507 g/mol. The number of nitrogens with two attached hydrogens (primary N) is 1. The van der Waals surface area contributed by atoms with Crippen molar-refractivity contribution >= 4 is 29.7 Å². The van der Waals surface area contributed by atoms with Crippen LogP contribution >= 0.6 is 0 Å². The van der Waals surface area contributed by atoms with Gasteiger partial charge in [-0.2, -0.15) is 23.4 Å². The first-order chi connectivity index (χ1) is 16.9. The molecule has 2 aromatic rings. The summed E-state index contributed by atoms with van der Waals surface area (Å²) in [5.41, 5.74) is 4.77. The van der Waals surface area contributed by atoms with Crippen LogP contribution in [0.15, 0.2) is 29.4 Å². The Bertz CT molecular complexity index is 1200. The van der Waals surface area contributed by atoms with E-state index >= 15 is 0 Å². The van der Waals surface area contributed by atoms with Gasteiger partial charge >= 0.3 is 6.18 Å². The fourth-order valence-electron chi connectivity index (χ4n) is 3.98. The van der Waals surface area contributed by atoms with E-state index in [0.717, 1.165) is 10.9 Å². The number of carbonyl (C=O) groups excluding carboxylic acids is 1. The number of aryl methyl sites for hydroxylation is 1. The molecule has 0 unspecified atom stereocenters. The first-order valence-corrected chi connectivity index (χ1v) is 11.2. The molecule has 1 aliphatic rings. The molecule has 1 amide bonds. The standard InChI is InChI=1S/C23H29F3N8O2/c1-13(2)34-12-16(22(36-5)32(4)29-3)14-9-15(21(28)30-10-14)19(27)17-11-33(8-6-7-18(34)35)31-20(17)23(24,25)26/h9-11,13,27H,3,6-8,12H2,1-2,4-5H3,(H2,28,30)/b22-16-,27-19?. The third-order valence-electron chi connectivity index (χ3n) is 5.84. The Kier molecular flexibility index (Phi) is 7.70. The monoisotopic (exact) mass is 506 g/mol. The summed E-state index contributed by atoms with van der Waals surface area (Å²) in [6.07, 6.45) is -1.88. The van der Waals surface area contributed by atoms with E-state index in [1.165, 1.54) is 24.4 Å². The van der Waals surface area contributed by atoms with Crippen LogP contribution in [0.3, 0.4) is 0 Å². The second-order valence-electron chi connectivity index (χ2n) is 8.56. The number of fused-ring (bicyclic) bond motifs is 4. The lowest BCUT2D eigenvalue weighted by Gasteiger charge is -2.30. The Morgan fingerprint density at radius 1 is 1.36 bits per heavy atom. The Morgan fingerprint density at radius 2 is 2.06 bits per heavy atom. The highest BCUT2D eigenvalue weighted by atomic mass is 19.4. The molecule has 0 saturated heterocycles. The SMILES string of the molecule is C=NN(C)/C(OC)=C1\CN(C(C)C)C(=O)CCCn2cc(c(C(F)(F)F)n2)C(=N)c2cc1cnc2N. The molecular formula is C23H29F3N8O2. The van der Waals surface area contributed by atoms with Crippen LogP contribution in [-0.2, 0) is 22.3 Å². The number of hydrogen-bond acceptors (Lipinski definition) is 8. The summed E-state index contributed by atoms with van der Waals surface area (Å²) in [5, 5.41) is 17.5. The molecule has 36 heavy (non-hydrogen) atoms. The van der Waals surface area contributed by atoms with Crippen molar-refractivity contribution in [2.24, 2.45) is 5.10 Å². The van der Waals surface area contributed by atoms with Gasteiger partial charge in [-0.3, -0.25) is 14.9 Å². The zero-order valence-corrected chi connectivity index (χ0v) is 20.6. The van der Waals surface area contributed by atoms with Crippen molar-refractivity contribution in [3.63, 3.8) is 0 Å². The molecule has 0 radical (unpaired) electrons. The zero-order chi connectivity index (χ0) is 26.8. The molecule has 4 bridgehead atoms. The minimum absolute atomic E-state index is 0.0146. The summed E-state index contributed by atoms with van der Waals surface area (Å²) in [6.45, 7) is 7.39. The van der Waals surface area contributed by atoms with Crippen molar-refractivity contribution in [3.8, 4) is 0 Å². The van der Waals surface area contributed by atoms with Crippen LogP contribution in [0.25, 0.3) is 5.57 Å². The summed E-state index contributed by atoms with van der Waals surface area (Å²) in [7, 11) is 3.03. The van der Waals surface area contributed by atoms with Gasteiger partial charge < -0.3 is 15.4 Å². The van der Waals surface area contributed by atoms with Crippen LogP contribution in [0.4, 0.5) is 19.0 Å². The van der Waals surface area contributed by atoms with E-state index in [4.69, 9.17) is 15.9 Å². The number of rotatable bonds is 4. The molecule has 3 heterocycles. The summed E-state index contributed by atoms with van der Waals surface area (Å²) in [6, 6.07) is 1.26. The van der Waals surface area contributed by atoms with Crippen molar-refractivity contribution < 1.29 is 22.7 Å². The maximum absolute atomic E-state index is 13.8. The van der Waals surface area contributed by atoms with Gasteiger partial charge in [0.1, 0.15) is 5.82 Å². The predicted octanol–water partition coefficient (Wildman–Crippen LogP) is 3.19. The van der Waals surface area contributed by atoms with E-state index in [2.05, 4.69) is 21.9 Å². The molecule has 3 rings (SSSR count). The van der Waals surface area contributed by atoms with Gasteiger partial charge in [0.25, 0.3) is 0 Å². The van der Waals surface area contributed by atoms with Gasteiger partial charge in [0.15, 0.2) is 5.69 Å². The van der Waals surface area contributed by atoms with E-state index in [-0.39, 0.29) is 55.1 Å². The van der Waals surface area contributed by atoms with Crippen molar-refractivity contribution in [1.82, 2.24) is 24.7 Å². The van der Waals surface area contributed by atoms with E-state index in [9.17, 15) is 18.0 Å². The first kappa shape index (κ1) is 26.7. The molecule has 10 nitrogen and oxygen atoms in total. The van der Waals surface area contributed by atoms with Gasteiger partial charge in [-0.1, -0.05) is 0 Å². The van der Waals surface area contributed by atoms with E-state index in [0.29, 0.717) is 11.1 Å². The number of hydrogen-bond donors (Lipinski definition) is 2. The molecule has 194 valence electrons. The lowest BCUT2D eigenvalue weighted by atomic mass is 9.98. The predicted molar refractivity (Wildman–Crippen MR) is 129 cm³/mol. The lowest BCUT2D eigenvalue weighted by Crippen LogP contribution is -2.39. The molecule has 0 aliphatic carbocycles. The van der Waals surface area contributed by atoms with Gasteiger partial charge in [-0.15, -0.1) is 0 Å². The van der Waals surface area contributed by atoms with Crippen LogP contribution in [0.5, 0.6) is 0 Å². The molecule has 3 N–H and O–H groups in total. The maximum Gasteiger partial charge on any atom is 0.435 e. The normalized spacial score (nSPS) is 16.6. The Labute approximate surface area is 206 Å². The van der Waals surface area contributed by atoms with Crippen molar-refractivity contribution in [1.29, 1.82) is 5.41 Å². The molecule has 0 spiro atoms. The van der Waals surface area contributed by atoms with E-state index < -0.39 is 23.1 Å². The van der Waals surface area contributed by atoms with Crippen LogP contribution in [0.2, 0.25) is 0 Å². The van der Waals surface area contributed by atoms with Gasteiger partial charge in [-0.25, -0.2) is 9.99 Å². The van der Waals surface area contributed by atoms with Crippen molar-refractivity contribution in [2.45, 2.75) is 45.5 Å². The third-order valence-corrected chi connectivity index (χ3v) is 5.84. The van der Waals surface area contributed by atoms with E-state index in [1.807, 2.05) is 13.8 Å². The minimum Gasteiger partial charge on any atom is -0.481 e. The quantitative estimate of drug-likeness (QED) is 0.373.